The van der Waals surface area contributed by atoms with Crippen molar-refractivity contribution in [3.05, 3.63) is 58.8 Å². The molecule has 1 aliphatic heterocycles. The second-order valence-corrected chi connectivity index (χ2v) is 7.47. The van der Waals surface area contributed by atoms with E-state index in [0.717, 1.165) is 60.6 Å². The number of anilines is 1. The lowest BCUT2D eigenvalue weighted by molar-refractivity contribution is 0.148. The molecule has 2 heterocycles. The van der Waals surface area contributed by atoms with E-state index in [2.05, 4.69) is 63.5 Å². The van der Waals surface area contributed by atoms with Crippen molar-refractivity contribution in [3.8, 4) is 0 Å². The fourth-order valence-corrected chi connectivity index (χ4v) is 3.68. The molecule has 4 rings (SSSR count). The van der Waals surface area contributed by atoms with Crippen molar-refractivity contribution >= 4 is 28.7 Å². The van der Waals surface area contributed by atoms with Crippen LogP contribution in [0, 0.1) is 6.92 Å². The number of nitrogen functional groups attached to an aromatic ring is 1. The molecule has 0 aliphatic carbocycles. The van der Waals surface area contributed by atoms with E-state index in [-0.39, 0.29) is 0 Å². The fourth-order valence-electron chi connectivity index (χ4n) is 3.68. The Hall–Kier alpha value is -2.63. The third kappa shape index (κ3) is 3.89. The lowest BCUT2D eigenvalue weighted by Gasteiger charge is -2.32. The third-order valence-corrected chi connectivity index (χ3v) is 5.45. The van der Waals surface area contributed by atoms with Crippen molar-refractivity contribution in [2.24, 2.45) is 0 Å². The van der Waals surface area contributed by atoms with Crippen LogP contribution in [0.4, 0.5) is 5.69 Å². The summed E-state index contributed by atoms with van der Waals surface area (Å²) in [4.78, 5) is 4.91. The predicted octanol–water partition coefficient (Wildman–Crippen LogP) is 3.37. The molecule has 1 aliphatic rings. The highest BCUT2D eigenvalue weighted by molar-refractivity contribution is 5.94. The molecule has 140 valence electrons. The van der Waals surface area contributed by atoms with Gasteiger partial charge in [-0.25, -0.2) is 0 Å². The average Bonchev–Trinajstić information content (AvgIpc) is 3.09. The molecule has 5 heteroatoms. The fraction of sp³-hybridized carbons (Fsp3) is 0.318. The zero-order valence-corrected chi connectivity index (χ0v) is 16.1. The molecule has 3 aromatic rings. The Kier molecular flexibility index (Phi) is 4.97. The Morgan fingerprint density at radius 1 is 1.11 bits per heavy atom. The number of rotatable bonds is 4. The van der Waals surface area contributed by atoms with Gasteiger partial charge in [0.1, 0.15) is 0 Å². The van der Waals surface area contributed by atoms with E-state index in [1.807, 2.05) is 19.1 Å². The summed E-state index contributed by atoms with van der Waals surface area (Å²) in [5, 5.41) is 8.65. The minimum atomic E-state index is 0.799. The number of aromatic nitrogens is 2. The summed E-state index contributed by atoms with van der Waals surface area (Å²) in [5.74, 6) is 0. The first kappa shape index (κ1) is 17.8. The zero-order valence-electron chi connectivity index (χ0n) is 16.1. The van der Waals surface area contributed by atoms with Crippen molar-refractivity contribution in [2.45, 2.75) is 13.5 Å². The van der Waals surface area contributed by atoms with Crippen molar-refractivity contribution in [1.29, 1.82) is 0 Å². The maximum atomic E-state index is 6.07. The van der Waals surface area contributed by atoms with Crippen molar-refractivity contribution < 1.29 is 0 Å². The number of nitrogens with two attached hydrogens (primary N) is 1. The number of hydrogen-bond donors (Lipinski definition) is 2. The van der Waals surface area contributed by atoms with Gasteiger partial charge in [0.05, 0.1) is 11.2 Å². The number of fused-ring (bicyclic) bond motifs is 1. The van der Waals surface area contributed by atoms with Crippen LogP contribution in [0.3, 0.4) is 0 Å². The number of nitrogens with one attached hydrogen (secondary N) is 1. The minimum absolute atomic E-state index is 0.799. The first-order valence-electron chi connectivity index (χ1n) is 9.51. The van der Waals surface area contributed by atoms with Crippen LogP contribution in [-0.4, -0.2) is 53.2 Å². The summed E-state index contributed by atoms with van der Waals surface area (Å²) in [6.07, 6.45) is 4.20. The Morgan fingerprint density at radius 3 is 2.74 bits per heavy atom. The van der Waals surface area contributed by atoms with Crippen molar-refractivity contribution in [1.82, 2.24) is 20.0 Å². The number of piperazine rings is 1. The summed E-state index contributed by atoms with van der Waals surface area (Å²) < 4.78 is 0. The first-order chi connectivity index (χ1) is 13.1. The molecular formula is C22H27N5. The van der Waals surface area contributed by atoms with Gasteiger partial charge in [0.2, 0.25) is 0 Å². The number of likely N-dealkylation sites (N-methyl/N-ethyl adjacent to an activating group) is 1. The quantitative estimate of drug-likeness (QED) is 0.700. The smallest absolute Gasteiger partial charge is 0.0930 e. The van der Waals surface area contributed by atoms with Crippen LogP contribution in [0.5, 0.6) is 0 Å². The van der Waals surface area contributed by atoms with Crippen molar-refractivity contribution in [2.75, 3.05) is 39.0 Å². The van der Waals surface area contributed by atoms with E-state index in [9.17, 15) is 0 Å². The molecule has 0 atom stereocenters. The zero-order chi connectivity index (χ0) is 18.8. The van der Waals surface area contributed by atoms with Gasteiger partial charge in [-0.05, 0) is 48.9 Å². The molecule has 0 unspecified atom stereocenters. The summed E-state index contributed by atoms with van der Waals surface area (Å²) in [7, 11) is 2.19. The lowest BCUT2D eigenvalue weighted by Crippen LogP contribution is -2.43. The van der Waals surface area contributed by atoms with Gasteiger partial charge in [0, 0.05) is 43.8 Å². The molecule has 1 saturated heterocycles. The highest BCUT2D eigenvalue weighted by atomic mass is 15.2. The summed E-state index contributed by atoms with van der Waals surface area (Å²) in [6.45, 7) is 7.62. The number of aromatic amines is 1. The van der Waals surface area contributed by atoms with Crippen LogP contribution in [0.1, 0.15) is 22.4 Å². The molecular weight excluding hydrogens is 334 g/mol. The first-order valence-corrected chi connectivity index (χ1v) is 9.51. The van der Waals surface area contributed by atoms with Crippen LogP contribution < -0.4 is 5.73 Å². The van der Waals surface area contributed by atoms with Gasteiger partial charge in [0.15, 0.2) is 0 Å². The van der Waals surface area contributed by atoms with Gasteiger partial charge in [-0.3, -0.25) is 10.00 Å². The van der Waals surface area contributed by atoms with E-state index in [0.29, 0.717) is 0 Å². The largest absolute Gasteiger partial charge is 0.398 e. The molecule has 2 aromatic carbocycles. The summed E-state index contributed by atoms with van der Waals surface area (Å²) >= 11 is 0. The number of hydrogen-bond acceptors (Lipinski definition) is 4. The molecule has 0 spiro atoms. The van der Waals surface area contributed by atoms with E-state index < -0.39 is 0 Å². The molecule has 27 heavy (non-hydrogen) atoms. The van der Waals surface area contributed by atoms with Gasteiger partial charge in [0.25, 0.3) is 0 Å². The van der Waals surface area contributed by atoms with Crippen LogP contribution in [0.15, 0.2) is 36.4 Å². The van der Waals surface area contributed by atoms with Crippen LogP contribution in [-0.2, 0) is 6.54 Å². The maximum absolute atomic E-state index is 6.07. The number of H-pyrrole nitrogens is 1. The molecule has 0 saturated carbocycles. The monoisotopic (exact) mass is 361 g/mol. The number of aryl methyl sites for hydroxylation is 1. The van der Waals surface area contributed by atoms with Gasteiger partial charge in [-0.2, -0.15) is 5.10 Å². The highest BCUT2D eigenvalue weighted by Crippen LogP contribution is 2.26. The summed E-state index contributed by atoms with van der Waals surface area (Å²) in [5.41, 5.74) is 12.4. The molecule has 0 radical (unpaired) electrons. The van der Waals surface area contributed by atoms with Gasteiger partial charge >= 0.3 is 0 Å². The number of nitrogens with zero attached hydrogens (tertiary/aromatic N) is 3. The van der Waals surface area contributed by atoms with Gasteiger partial charge in [-0.15, -0.1) is 0 Å². The minimum Gasteiger partial charge on any atom is -0.398 e. The molecule has 0 bridgehead atoms. The van der Waals surface area contributed by atoms with Crippen molar-refractivity contribution in [3.63, 3.8) is 0 Å². The van der Waals surface area contributed by atoms with Crippen LogP contribution >= 0.6 is 0 Å². The van der Waals surface area contributed by atoms with Gasteiger partial charge in [-0.1, -0.05) is 30.3 Å². The summed E-state index contributed by atoms with van der Waals surface area (Å²) in [6, 6.07) is 12.7. The van der Waals surface area contributed by atoms with Crippen LogP contribution in [0.25, 0.3) is 23.1 Å². The van der Waals surface area contributed by atoms with Crippen LogP contribution in [0.2, 0.25) is 0 Å². The highest BCUT2D eigenvalue weighted by Gasteiger charge is 2.13. The Labute approximate surface area is 160 Å². The lowest BCUT2D eigenvalue weighted by atomic mass is 10.1. The molecule has 0 amide bonds. The molecule has 3 N–H and O–H groups in total. The average molecular weight is 361 g/mol. The standard InChI is InChI=1S/C22H27N5/c1-16-19(23)7-9-21-22(16)20(24-25-21)8-6-17-4-3-5-18(14-17)15-27-12-10-26(2)11-13-27/h3-9,14H,10-13,15,23H2,1-2H3,(H,24,25). The molecule has 1 fully saturated rings. The normalized spacial score (nSPS) is 16.5. The topological polar surface area (TPSA) is 61.2 Å². The van der Waals surface area contributed by atoms with E-state index >= 15 is 0 Å². The van der Waals surface area contributed by atoms with E-state index in [1.165, 1.54) is 11.1 Å². The van der Waals surface area contributed by atoms with E-state index in [1.54, 1.807) is 0 Å². The Bertz CT molecular complexity index is 964. The predicted molar refractivity (Wildman–Crippen MR) is 113 cm³/mol. The number of benzene rings is 2. The Balaban J connectivity index is 1.52. The third-order valence-electron chi connectivity index (χ3n) is 5.45. The molecule has 5 nitrogen and oxygen atoms in total. The van der Waals surface area contributed by atoms with E-state index in [4.69, 9.17) is 5.73 Å². The second kappa shape index (κ2) is 7.55. The molecule has 1 aromatic heterocycles. The second-order valence-electron chi connectivity index (χ2n) is 7.47. The SMILES string of the molecule is Cc1c(N)ccc2[nH]nc(C=Cc3cccc(CN4CCN(C)CC4)c3)c12. The van der Waals surface area contributed by atoms with Gasteiger partial charge < -0.3 is 10.6 Å². The maximum Gasteiger partial charge on any atom is 0.0930 e. The Morgan fingerprint density at radius 2 is 1.93 bits per heavy atom.